The van der Waals surface area contributed by atoms with E-state index in [1.165, 1.54) is 6.92 Å². The molecule has 1 aromatic carbocycles. The molecule has 0 bridgehead atoms. The summed E-state index contributed by atoms with van der Waals surface area (Å²) in [6, 6.07) is 4.21. The number of halogens is 2. The summed E-state index contributed by atoms with van der Waals surface area (Å²) in [4.78, 5) is 22.8. The summed E-state index contributed by atoms with van der Waals surface area (Å²) in [5, 5.41) is 16.6. The molecule has 2 rings (SSSR count). The fourth-order valence-electron chi connectivity index (χ4n) is 2.31. The maximum Gasteiger partial charge on any atom is 0.325 e. The van der Waals surface area contributed by atoms with E-state index in [1.807, 2.05) is 6.92 Å². The van der Waals surface area contributed by atoms with Crippen LogP contribution in [0.5, 0.6) is 0 Å². The molecule has 0 aliphatic carbocycles. The molecule has 0 saturated heterocycles. The molecular formula is C16H17Cl2N3O3. The second-order valence-corrected chi connectivity index (χ2v) is 6.28. The molecule has 2 N–H and O–H groups in total. The van der Waals surface area contributed by atoms with Gasteiger partial charge in [0.25, 0.3) is 0 Å². The van der Waals surface area contributed by atoms with E-state index in [9.17, 15) is 9.59 Å². The molecular weight excluding hydrogens is 353 g/mol. The fraction of sp³-hybridized carbons (Fsp3) is 0.312. The Morgan fingerprint density at radius 3 is 2.54 bits per heavy atom. The second kappa shape index (κ2) is 7.23. The van der Waals surface area contributed by atoms with Crippen molar-refractivity contribution in [3.63, 3.8) is 0 Å². The normalized spacial score (nSPS) is 12.0. The van der Waals surface area contributed by atoms with Gasteiger partial charge in [-0.25, -0.2) is 4.68 Å². The molecule has 1 heterocycles. The summed E-state index contributed by atoms with van der Waals surface area (Å²) in [6.07, 6.45) is 0.0522. The lowest BCUT2D eigenvalue weighted by Crippen LogP contribution is -2.39. The predicted octanol–water partition coefficient (Wildman–Crippen LogP) is 2.93. The average molecular weight is 370 g/mol. The van der Waals surface area contributed by atoms with Crippen LogP contribution in [0.3, 0.4) is 0 Å². The molecule has 1 unspecified atom stereocenters. The zero-order chi connectivity index (χ0) is 18.0. The Labute approximate surface area is 149 Å². The number of aromatic nitrogens is 2. The van der Waals surface area contributed by atoms with Crippen LogP contribution in [0, 0.1) is 13.8 Å². The lowest BCUT2D eigenvalue weighted by Gasteiger charge is -2.10. The van der Waals surface area contributed by atoms with Crippen molar-refractivity contribution in [2.24, 2.45) is 0 Å². The largest absolute Gasteiger partial charge is 0.480 e. The second-order valence-electron chi connectivity index (χ2n) is 5.46. The number of nitrogens with one attached hydrogen (secondary N) is 1. The Morgan fingerprint density at radius 1 is 1.29 bits per heavy atom. The number of aliphatic carboxylic acids is 1. The van der Waals surface area contributed by atoms with Gasteiger partial charge in [0, 0.05) is 11.3 Å². The highest BCUT2D eigenvalue weighted by molar-refractivity contribution is 6.42. The first-order valence-electron chi connectivity index (χ1n) is 7.23. The van der Waals surface area contributed by atoms with Gasteiger partial charge in [-0.1, -0.05) is 23.2 Å². The van der Waals surface area contributed by atoms with Gasteiger partial charge in [0.1, 0.15) is 6.04 Å². The van der Waals surface area contributed by atoms with E-state index in [0.29, 0.717) is 15.7 Å². The van der Waals surface area contributed by atoms with E-state index in [2.05, 4.69) is 10.4 Å². The van der Waals surface area contributed by atoms with E-state index in [4.69, 9.17) is 28.3 Å². The van der Waals surface area contributed by atoms with Crippen LogP contribution in [-0.4, -0.2) is 32.8 Å². The minimum atomic E-state index is -1.08. The highest BCUT2D eigenvalue weighted by Gasteiger charge is 2.19. The Morgan fingerprint density at radius 2 is 1.96 bits per heavy atom. The van der Waals surface area contributed by atoms with E-state index in [0.717, 1.165) is 16.9 Å². The van der Waals surface area contributed by atoms with Crippen molar-refractivity contribution >= 4 is 35.1 Å². The Bertz CT molecular complexity index is 802. The van der Waals surface area contributed by atoms with Gasteiger partial charge in [-0.05, 0) is 39.0 Å². The minimum absolute atomic E-state index is 0.0522. The van der Waals surface area contributed by atoms with E-state index >= 15 is 0 Å². The maximum atomic E-state index is 12.0. The molecule has 0 aliphatic rings. The number of hydrogen-bond donors (Lipinski definition) is 2. The van der Waals surface area contributed by atoms with Crippen LogP contribution in [-0.2, 0) is 16.0 Å². The van der Waals surface area contributed by atoms with Crippen molar-refractivity contribution in [2.75, 3.05) is 0 Å². The summed E-state index contributed by atoms with van der Waals surface area (Å²) in [7, 11) is 0. The first kappa shape index (κ1) is 18.3. The summed E-state index contributed by atoms with van der Waals surface area (Å²) in [5.41, 5.74) is 2.95. The summed E-state index contributed by atoms with van der Waals surface area (Å²) >= 11 is 12.0. The monoisotopic (exact) mass is 369 g/mol. The van der Waals surface area contributed by atoms with E-state index < -0.39 is 12.0 Å². The number of carbonyl (C=O) groups excluding carboxylic acids is 1. The number of nitrogens with zero attached hydrogens (tertiary/aromatic N) is 2. The molecule has 1 aromatic heterocycles. The van der Waals surface area contributed by atoms with Crippen LogP contribution in [0.15, 0.2) is 18.2 Å². The highest BCUT2D eigenvalue weighted by atomic mass is 35.5. The number of carbonyl (C=O) groups is 2. The molecule has 128 valence electrons. The topological polar surface area (TPSA) is 84.2 Å². The Hall–Kier alpha value is -2.05. The molecule has 8 heteroatoms. The molecule has 0 spiro atoms. The van der Waals surface area contributed by atoms with Crippen molar-refractivity contribution in [2.45, 2.75) is 33.2 Å². The SMILES string of the molecule is Cc1nn(-c2ccc(Cl)c(Cl)c2)c(C)c1CC(=O)NC(C)C(=O)O. The van der Waals surface area contributed by atoms with Crippen molar-refractivity contribution in [3.05, 3.63) is 45.2 Å². The van der Waals surface area contributed by atoms with Crippen LogP contribution >= 0.6 is 23.2 Å². The van der Waals surface area contributed by atoms with Crippen molar-refractivity contribution in [3.8, 4) is 5.69 Å². The smallest absolute Gasteiger partial charge is 0.325 e. The molecule has 24 heavy (non-hydrogen) atoms. The molecule has 2 aromatic rings. The first-order valence-corrected chi connectivity index (χ1v) is 7.99. The van der Waals surface area contributed by atoms with Crippen molar-refractivity contribution < 1.29 is 14.7 Å². The summed E-state index contributed by atoms with van der Waals surface area (Å²) < 4.78 is 1.68. The van der Waals surface area contributed by atoms with Gasteiger partial charge in [-0.2, -0.15) is 5.10 Å². The average Bonchev–Trinajstić information content (AvgIpc) is 2.78. The number of benzene rings is 1. The molecule has 0 saturated carbocycles. The number of aryl methyl sites for hydroxylation is 1. The lowest BCUT2D eigenvalue weighted by atomic mass is 10.1. The molecule has 1 amide bonds. The zero-order valence-electron chi connectivity index (χ0n) is 13.4. The third kappa shape index (κ3) is 3.88. The fourth-order valence-corrected chi connectivity index (χ4v) is 2.61. The number of amides is 1. The van der Waals surface area contributed by atoms with Crippen molar-refractivity contribution in [1.29, 1.82) is 0 Å². The lowest BCUT2D eigenvalue weighted by molar-refractivity contribution is -0.141. The third-order valence-corrected chi connectivity index (χ3v) is 4.41. The number of hydrogen-bond acceptors (Lipinski definition) is 3. The summed E-state index contributed by atoms with van der Waals surface area (Å²) in [6.45, 7) is 5.05. The zero-order valence-corrected chi connectivity index (χ0v) is 14.9. The quantitative estimate of drug-likeness (QED) is 0.848. The highest BCUT2D eigenvalue weighted by Crippen LogP contribution is 2.26. The first-order chi connectivity index (χ1) is 11.2. The molecule has 6 nitrogen and oxygen atoms in total. The molecule has 1 atom stereocenters. The van der Waals surface area contributed by atoms with Gasteiger partial charge < -0.3 is 10.4 Å². The predicted molar refractivity (Wildman–Crippen MR) is 92.0 cm³/mol. The molecule has 0 radical (unpaired) electrons. The number of carboxylic acid groups (broad SMARTS) is 1. The van der Waals surface area contributed by atoms with Crippen LogP contribution < -0.4 is 5.32 Å². The van der Waals surface area contributed by atoms with E-state index in [1.54, 1.807) is 29.8 Å². The Balaban J connectivity index is 2.27. The molecule has 0 fully saturated rings. The van der Waals surface area contributed by atoms with Crippen LogP contribution in [0.4, 0.5) is 0 Å². The van der Waals surface area contributed by atoms with E-state index in [-0.39, 0.29) is 12.3 Å². The van der Waals surface area contributed by atoms with Crippen molar-refractivity contribution in [1.82, 2.24) is 15.1 Å². The van der Waals surface area contributed by atoms with Gasteiger partial charge in [0.2, 0.25) is 5.91 Å². The summed E-state index contributed by atoms with van der Waals surface area (Å²) in [5.74, 6) is -1.45. The Kier molecular flexibility index (Phi) is 5.51. The molecule has 0 aliphatic heterocycles. The minimum Gasteiger partial charge on any atom is -0.480 e. The number of rotatable bonds is 5. The third-order valence-electron chi connectivity index (χ3n) is 3.67. The van der Waals surface area contributed by atoms with Gasteiger partial charge >= 0.3 is 5.97 Å². The van der Waals surface area contributed by atoms with Crippen LogP contribution in [0.2, 0.25) is 10.0 Å². The van der Waals surface area contributed by atoms with Crippen LogP contribution in [0.1, 0.15) is 23.9 Å². The number of carboxylic acids is 1. The maximum absolute atomic E-state index is 12.0. The van der Waals surface area contributed by atoms with Gasteiger partial charge in [0.15, 0.2) is 0 Å². The van der Waals surface area contributed by atoms with Crippen LogP contribution in [0.25, 0.3) is 5.69 Å². The standard InChI is InChI=1S/C16H17Cl2N3O3/c1-8-12(7-15(22)19-9(2)16(23)24)10(3)21(20-8)11-4-5-13(17)14(18)6-11/h4-6,9H,7H2,1-3H3,(H,19,22)(H,23,24). The van der Waals surface area contributed by atoms with Gasteiger partial charge in [-0.3, -0.25) is 9.59 Å². The van der Waals surface area contributed by atoms with Gasteiger partial charge in [-0.15, -0.1) is 0 Å². The van der Waals surface area contributed by atoms with Gasteiger partial charge in [0.05, 0.1) is 27.8 Å².